The van der Waals surface area contributed by atoms with Crippen molar-refractivity contribution < 1.29 is 19.1 Å². The first-order valence-electron chi connectivity index (χ1n) is 6.90. The summed E-state index contributed by atoms with van der Waals surface area (Å²) in [5.41, 5.74) is -0.0701. The van der Waals surface area contributed by atoms with Crippen LogP contribution in [0.25, 0.3) is 0 Å². The predicted molar refractivity (Wildman–Crippen MR) is 74.2 cm³/mol. The van der Waals surface area contributed by atoms with Gasteiger partial charge in [-0.05, 0) is 17.8 Å². The molecule has 1 rings (SSSR count). The molecule has 114 valence electrons. The molecular weight excluding hydrogens is 260 g/mol. The van der Waals surface area contributed by atoms with E-state index >= 15 is 0 Å². The van der Waals surface area contributed by atoms with Gasteiger partial charge in [-0.25, -0.2) is 4.79 Å². The van der Waals surface area contributed by atoms with Crippen LogP contribution in [0.3, 0.4) is 0 Å². The van der Waals surface area contributed by atoms with Crippen molar-refractivity contribution in [1.29, 1.82) is 0 Å². The van der Waals surface area contributed by atoms with E-state index in [2.05, 4.69) is 5.32 Å². The lowest BCUT2D eigenvalue weighted by atomic mass is 9.91. The Balaban J connectivity index is 2.42. The highest BCUT2D eigenvalue weighted by atomic mass is 16.5. The minimum Gasteiger partial charge on any atom is -0.449 e. The monoisotopic (exact) mass is 284 g/mol. The van der Waals surface area contributed by atoms with Crippen molar-refractivity contribution in [2.75, 3.05) is 19.7 Å². The number of amides is 2. The van der Waals surface area contributed by atoms with Gasteiger partial charge in [0.1, 0.15) is 12.8 Å². The number of nitrogens with zero attached hydrogens (tertiary/aromatic N) is 1. The third-order valence-corrected chi connectivity index (χ3v) is 3.17. The van der Waals surface area contributed by atoms with Crippen LogP contribution in [-0.4, -0.2) is 48.9 Å². The van der Waals surface area contributed by atoms with E-state index in [4.69, 9.17) is 4.74 Å². The van der Waals surface area contributed by atoms with Crippen LogP contribution in [0.15, 0.2) is 0 Å². The van der Waals surface area contributed by atoms with E-state index in [0.29, 0.717) is 19.6 Å². The van der Waals surface area contributed by atoms with Crippen LogP contribution in [-0.2, 0) is 14.3 Å². The van der Waals surface area contributed by atoms with Crippen LogP contribution in [0.2, 0.25) is 0 Å². The minimum absolute atomic E-state index is 0.0701. The molecule has 0 aromatic rings. The second-order valence-electron chi connectivity index (χ2n) is 6.44. The van der Waals surface area contributed by atoms with Gasteiger partial charge in [0.05, 0.1) is 12.6 Å². The molecular formula is C14H24N2O4. The molecule has 1 fully saturated rings. The van der Waals surface area contributed by atoms with Crippen LogP contribution in [0.5, 0.6) is 0 Å². The maximum absolute atomic E-state index is 12.0. The van der Waals surface area contributed by atoms with Gasteiger partial charge in [0.2, 0.25) is 5.91 Å². The zero-order valence-corrected chi connectivity index (χ0v) is 12.6. The van der Waals surface area contributed by atoms with Crippen molar-refractivity contribution in [2.45, 2.75) is 40.2 Å². The summed E-state index contributed by atoms with van der Waals surface area (Å²) in [7, 11) is 0. The normalized spacial score (nSPS) is 20.9. The van der Waals surface area contributed by atoms with Gasteiger partial charge >= 0.3 is 6.09 Å². The molecule has 1 saturated heterocycles. The Morgan fingerprint density at radius 1 is 1.45 bits per heavy atom. The van der Waals surface area contributed by atoms with E-state index in [1.807, 2.05) is 27.7 Å². The molecule has 2 amide bonds. The summed E-state index contributed by atoms with van der Waals surface area (Å²) in [6.07, 6.45) is 0.845. The van der Waals surface area contributed by atoms with E-state index in [1.165, 1.54) is 4.90 Å². The lowest BCUT2D eigenvalue weighted by molar-refractivity contribution is -0.133. The number of likely N-dealkylation sites (tertiary alicyclic amines) is 1. The van der Waals surface area contributed by atoms with Crippen molar-refractivity contribution in [3.63, 3.8) is 0 Å². The maximum Gasteiger partial charge on any atom is 0.407 e. The average Bonchev–Trinajstić information content (AvgIpc) is 2.68. The SMILES string of the molecule is CC(C)COC(=O)NCC(=O)N1CC(C)(C)C[C@H]1C=O. The van der Waals surface area contributed by atoms with Gasteiger partial charge in [-0.3, -0.25) is 4.79 Å². The Hall–Kier alpha value is -1.59. The quantitative estimate of drug-likeness (QED) is 0.770. The van der Waals surface area contributed by atoms with Gasteiger partial charge in [-0.2, -0.15) is 0 Å². The highest BCUT2D eigenvalue weighted by molar-refractivity contribution is 5.85. The Morgan fingerprint density at radius 2 is 2.10 bits per heavy atom. The molecule has 0 saturated carbocycles. The number of aldehydes is 1. The molecule has 0 bridgehead atoms. The fraction of sp³-hybridized carbons (Fsp3) is 0.786. The van der Waals surface area contributed by atoms with E-state index in [1.54, 1.807) is 0 Å². The summed E-state index contributed by atoms with van der Waals surface area (Å²) in [6, 6.07) is -0.397. The smallest absolute Gasteiger partial charge is 0.407 e. The van der Waals surface area contributed by atoms with E-state index in [0.717, 1.165) is 6.29 Å². The number of ether oxygens (including phenoxy) is 1. The summed E-state index contributed by atoms with van der Waals surface area (Å²) in [6.45, 7) is 8.59. The largest absolute Gasteiger partial charge is 0.449 e. The van der Waals surface area contributed by atoms with Crippen LogP contribution in [0.4, 0.5) is 4.79 Å². The van der Waals surface area contributed by atoms with E-state index in [9.17, 15) is 14.4 Å². The number of nitrogens with one attached hydrogen (secondary N) is 1. The fourth-order valence-corrected chi connectivity index (χ4v) is 2.26. The molecule has 1 heterocycles. The van der Waals surface area contributed by atoms with Crippen molar-refractivity contribution in [3.8, 4) is 0 Å². The van der Waals surface area contributed by atoms with Crippen LogP contribution in [0, 0.1) is 11.3 Å². The zero-order chi connectivity index (χ0) is 15.3. The van der Waals surface area contributed by atoms with Crippen molar-refractivity contribution in [1.82, 2.24) is 10.2 Å². The Morgan fingerprint density at radius 3 is 2.65 bits per heavy atom. The van der Waals surface area contributed by atoms with Gasteiger partial charge in [0.25, 0.3) is 0 Å². The molecule has 0 aliphatic carbocycles. The van der Waals surface area contributed by atoms with Crippen LogP contribution < -0.4 is 5.32 Å². The van der Waals surface area contributed by atoms with Gasteiger partial charge in [0.15, 0.2) is 0 Å². The molecule has 0 aromatic heterocycles. The zero-order valence-electron chi connectivity index (χ0n) is 12.6. The van der Waals surface area contributed by atoms with Gasteiger partial charge < -0.3 is 19.7 Å². The molecule has 6 heteroatoms. The minimum atomic E-state index is -0.604. The molecule has 0 radical (unpaired) electrons. The topological polar surface area (TPSA) is 75.7 Å². The number of alkyl carbamates (subject to hydrolysis) is 1. The van der Waals surface area contributed by atoms with Crippen molar-refractivity contribution in [3.05, 3.63) is 0 Å². The van der Waals surface area contributed by atoms with Crippen LogP contribution >= 0.6 is 0 Å². The molecule has 1 N–H and O–H groups in total. The maximum atomic E-state index is 12.0. The van der Waals surface area contributed by atoms with Crippen molar-refractivity contribution in [2.24, 2.45) is 11.3 Å². The first-order valence-corrected chi connectivity index (χ1v) is 6.90. The second-order valence-corrected chi connectivity index (χ2v) is 6.44. The second kappa shape index (κ2) is 6.72. The van der Waals surface area contributed by atoms with E-state index < -0.39 is 12.1 Å². The number of hydrogen-bond acceptors (Lipinski definition) is 4. The predicted octanol–water partition coefficient (Wildman–Crippen LogP) is 1.19. The lowest BCUT2D eigenvalue weighted by Crippen LogP contribution is -2.43. The highest BCUT2D eigenvalue weighted by Gasteiger charge is 2.39. The van der Waals surface area contributed by atoms with Gasteiger partial charge in [-0.1, -0.05) is 27.7 Å². The molecule has 0 unspecified atom stereocenters. The standard InChI is InChI=1S/C14H24N2O4/c1-10(2)8-20-13(19)15-6-12(18)16-9-14(3,4)5-11(16)7-17/h7,10-11H,5-6,8-9H2,1-4H3,(H,15,19)/t11-/m0/s1. The van der Waals surface area contributed by atoms with E-state index in [-0.39, 0.29) is 23.8 Å². The number of hydrogen-bond donors (Lipinski definition) is 1. The Kier molecular flexibility index (Phi) is 5.53. The summed E-state index contributed by atoms with van der Waals surface area (Å²) >= 11 is 0. The molecule has 20 heavy (non-hydrogen) atoms. The molecule has 1 atom stereocenters. The van der Waals surface area contributed by atoms with Gasteiger partial charge in [0, 0.05) is 6.54 Å². The summed E-state index contributed by atoms with van der Waals surface area (Å²) in [5, 5.41) is 2.42. The van der Waals surface area contributed by atoms with Crippen molar-refractivity contribution >= 4 is 18.3 Å². The van der Waals surface area contributed by atoms with Crippen LogP contribution in [0.1, 0.15) is 34.1 Å². The van der Waals surface area contributed by atoms with Gasteiger partial charge in [-0.15, -0.1) is 0 Å². The lowest BCUT2D eigenvalue weighted by Gasteiger charge is -2.21. The Labute approximate surface area is 119 Å². The first-order chi connectivity index (χ1) is 9.25. The third kappa shape index (κ3) is 4.83. The summed E-state index contributed by atoms with van der Waals surface area (Å²) in [5.74, 6) is -0.00977. The summed E-state index contributed by atoms with van der Waals surface area (Å²) < 4.78 is 4.92. The number of carbonyl (C=O) groups excluding carboxylic acids is 3. The molecule has 0 spiro atoms. The average molecular weight is 284 g/mol. The third-order valence-electron chi connectivity index (χ3n) is 3.17. The molecule has 0 aromatic carbocycles. The number of rotatable bonds is 5. The fourth-order valence-electron chi connectivity index (χ4n) is 2.26. The first kappa shape index (κ1) is 16.5. The molecule has 6 nitrogen and oxygen atoms in total. The highest BCUT2D eigenvalue weighted by Crippen LogP contribution is 2.32. The summed E-state index contributed by atoms with van der Waals surface area (Å²) in [4.78, 5) is 36.0. The Bertz CT molecular complexity index is 379. The molecule has 1 aliphatic heterocycles. The molecule has 1 aliphatic rings. The number of carbonyl (C=O) groups is 3.